The van der Waals surface area contributed by atoms with Gasteiger partial charge in [0, 0.05) is 6.42 Å². The van der Waals surface area contributed by atoms with E-state index < -0.39 is 3.36 Å². The molecule has 0 aromatic carbocycles. The molecule has 3 nitrogen and oxygen atoms in total. The number of halogens is 2. The van der Waals surface area contributed by atoms with Crippen molar-refractivity contribution in [3.05, 3.63) is 0 Å². The number of nitrogens with one attached hydrogen (secondary N) is 1. The average molecular weight is 245 g/mol. The summed E-state index contributed by atoms with van der Waals surface area (Å²) in [5.41, 5.74) is 10.4. The number of alkyl halides is 2. The Bertz CT molecular complexity index is 95.2. The predicted octanol–water partition coefficient (Wildman–Crippen LogP) is 0.715. The maximum atomic E-state index is 6.79. The maximum Gasteiger partial charge on any atom is 0.134 e. The van der Waals surface area contributed by atoms with Crippen molar-refractivity contribution in [1.82, 2.24) is 0 Å². The van der Waals surface area contributed by atoms with E-state index in [0.717, 1.165) is 0 Å². The van der Waals surface area contributed by atoms with Crippen molar-refractivity contribution in [3.63, 3.8) is 0 Å². The smallest absolute Gasteiger partial charge is 0.134 e. The van der Waals surface area contributed by atoms with Crippen LogP contribution in [-0.2, 0) is 0 Å². The highest BCUT2D eigenvalue weighted by molar-refractivity contribution is 9.25. The molecule has 0 aliphatic carbocycles. The van der Waals surface area contributed by atoms with Crippen molar-refractivity contribution in [3.8, 4) is 0 Å². The first kappa shape index (κ1) is 8.39. The van der Waals surface area contributed by atoms with Gasteiger partial charge in [0.2, 0.25) is 0 Å². The monoisotopic (exact) mass is 243 g/mol. The molecule has 0 rings (SSSR count). The van der Waals surface area contributed by atoms with Gasteiger partial charge < -0.3 is 11.5 Å². The molecule has 0 spiro atoms. The number of nitrogens with two attached hydrogens (primary N) is 2. The van der Waals surface area contributed by atoms with E-state index in [1.54, 1.807) is 0 Å². The summed E-state index contributed by atoms with van der Waals surface area (Å²) >= 11 is 6.11. The molecule has 0 amide bonds. The average Bonchev–Trinajstić information content (AvgIpc) is 1.21. The van der Waals surface area contributed by atoms with Gasteiger partial charge in [-0.2, -0.15) is 0 Å². The molecule has 0 bridgehead atoms. The van der Waals surface area contributed by atoms with Crippen molar-refractivity contribution in [2.24, 2.45) is 11.5 Å². The summed E-state index contributed by atoms with van der Waals surface area (Å²) < 4.78 is -0.703. The highest BCUT2D eigenvalue weighted by Crippen LogP contribution is 2.21. The first-order valence-corrected chi connectivity index (χ1v) is 3.50. The van der Waals surface area contributed by atoms with Crippen LogP contribution in [0.5, 0.6) is 0 Å². The quantitative estimate of drug-likeness (QED) is 0.290. The highest BCUT2D eigenvalue weighted by Gasteiger charge is 2.15. The number of rotatable bonds is 2. The molecule has 0 saturated carbocycles. The van der Waals surface area contributed by atoms with Gasteiger partial charge in [-0.15, -0.1) is 0 Å². The summed E-state index contributed by atoms with van der Waals surface area (Å²) in [5, 5.41) is 6.79. The SMILES string of the molecule is N=C(N)CC(N)(Br)Br. The van der Waals surface area contributed by atoms with Crippen LogP contribution in [0, 0.1) is 5.41 Å². The van der Waals surface area contributed by atoms with Gasteiger partial charge >= 0.3 is 0 Å². The second-order valence-electron chi connectivity index (χ2n) is 1.46. The normalized spacial score (nSPS) is 11.4. The fourth-order valence-electron chi connectivity index (χ4n) is 0.254. The lowest BCUT2D eigenvalue weighted by Crippen LogP contribution is -2.30. The molecule has 0 radical (unpaired) electrons. The van der Waals surface area contributed by atoms with E-state index >= 15 is 0 Å². The van der Waals surface area contributed by atoms with Crippen LogP contribution in [0.4, 0.5) is 0 Å². The Hall–Kier alpha value is 0.390. The molecule has 8 heavy (non-hydrogen) atoms. The van der Waals surface area contributed by atoms with E-state index in [1.807, 2.05) is 0 Å². The van der Waals surface area contributed by atoms with Crippen molar-refractivity contribution in [2.75, 3.05) is 0 Å². The minimum Gasteiger partial charge on any atom is -0.388 e. The van der Waals surface area contributed by atoms with Gasteiger partial charge in [-0.25, -0.2) is 0 Å². The molecule has 0 unspecified atom stereocenters. The van der Waals surface area contributed by atoms with Crippen LogP contribution >= 0.6 is 31.9 Å². The minimum absolute atomic E-state index is 0.0567. The maximum absolute atomic E-state index is 6.79. The standard InChI is InChI=1S/C3H7Br2N3/c4-3(5,8)1-2(6)7/h1,8H2,(H3,6,7). The fraction of sp³-hybridized carbons (Fsp3) is 0.667. The zero-order valence-corrected chi connectivity index (χ0v) is 7.29. The molecule has 0 heterocycles. The summed E-state index contributed by atoms with van der Waals surface area (Å²) in [7, 11) is 0. The van der Waals surface area contributed by atoms with Crippen molar-refractivity contribution < 1.29 is 0 Å². The predicted molar refractivity (Wildman–Crippen MR) is 41.3 cm³/mol. The first-order chi connectivity index (χ1) is 3.42. The lowest BCUT2D eigenvalue weighted by Gasteiger charge is -2.11. The molecule has 0 aliphatic rings. The first-order valence-electron chi connectivity index (χ1n) is 1.91. The van der Waals surface area contributed by atoms with Crippen LogP contribution in [-0.4, -0.2) is 9.19 Å². The van der Waals surface area contributed by atoms with Gasteiger partial charge in [-0.1, -0.05) is 31.9 Å². The van der Waals surface area contributed by atoms with Crippen LogP contribution in [0.15, 0.2) is 0 Å². The molecule has 5 heteroatoms. The molecule has 0 aromatic heterocycles. The summed E-state index contributed by atoms with van der Waals surface area (Å²) in [6, 6.07) is 0. The Labute approximate surface area is 64.6 Å². The van der Waals surface area contributed by atoms with Crippen LogP contribution in [0.1, 0.15) is 6.42 Å². The van der Waals surface area contributed by atoms with Gasteiger partial charge in [-0.05, 0) is 0 Å². The molecular formula is C3H7Br2N3. The van der Waals surface area contributed by atoms with Crippen molar-refractivity contribution in [2.45, 2.75) is 9.78 Å². The minimum atomic E-state index is -0.703. The van der Waals surface area contributed by atoms with E-state index in [9.17, 15) is 0 Å². The van der Waals surface area contributed by atoms with Crippen LogP contribution in [0.25, 0.3) is 0 Å². The van der Waals surface area contributed by atoms with E-state index in [0.29, 0.717) is 6.42 Å². The van der Waals surface area contributed by atoms with Crippen molar-refractivity contribution >= 4 is 37.7 Å². The number of amidine groups is 1. The van der Waals surface area contributed by atoms with E-state index in [2.05, 4.69) is 31.9 Å². The van der Waals surface area contributed by atoms with E-state index in [-0.39, 0.29) is 5.84 Å². The topological polar surface area (TPSA) is 75.9 Å². The molecule has 48 valence electrons. The Morgan fingerprint density at radius 1 is 1.62 bits per heavy atom. The Morgan fingerprint density at radius 2 is 2.00 bits per heavy atom. The highest BCUT2D eigenvalue weighted by atomic mass is 79.9. The van der Waals surface area contributed by atoms with E-state index in [1.165, 1.54) is 0 Å². The molecular weight excluding hydrogens is 238 g/mol. The van der Waals surface area contributed by atoms with Gasteiger partial charge in [0.05, 0.1) is 5.84 Å². The largest absolute Gasteiger partial charge is 0.388 e. The molecule has 0 aliphatic heterocycles. The third-order valence-electron chi connectivity index (χ3n) is 0.426. The summed E-state index contributed by atoms with van der Waals surface area (Å²) in [4.78, 5) is 0. The lowest BCUT2D eigenvalue weighted by molar-refractivity contribution is 0.919. The van der Waals surface area contributed by atoms with Crippen LogP contribution < -0.4 is 11.5 Å². The second kappa shape index (κ2) is 2.80. The van der Waals surface area contributed by atoms with Crippen LogP contribution in [0.2, 0.25) is 0 Å². The zero-order chi connectivity index (χ0) is 6.78. The fourth-order valence-corrected chi connectivity index (χ4v) is 0.858. The van der Waals surface area contributed by atoms with Gasteiger partial charge in [-0.3, -0.25) is 5.41 Å². The molecule has 0 fully saturated rings. The Balaban J connectivity index is 3.55. The number of hydrogen-bond acceptors (Lipinski definition) is 2. The summed E-state index contributed by atoms with van der Waals surface area (Å²) in [6.07, 6.45) is 0.299. The third kappa shape index (κ3) is 6.39. The third-order valence-corrected chi connectivity index (χ3v) is 0.987. The molecule has 0 saturated heterocycles. The molecule has 0 atom stereocenters. The lowest BCUT2D eigenvalue weighted by atomic mass is 10.4. The van der Waals surface area contributed by atoms with Gasteiger partial charge in [0.1, 0.15) is 3.36 Å². The molecule has 0 aromatic rings. The molecule has 5 N–H and O–H groups in total. The zero-order valence-electron chi connectivity index (χ0n) is 4.12. The van der Waals surface area contributed by atoms with Gasteiger partial charge in [0.25, 0.3) is 0 Å². The van der Waals surface area contributed by atoms with Crippen molar-refractivity contribution in [1.29, 1.82) is 5.41 Å². The summed E-state index contributed by atoms with van der Waals surface area (Å²) in [6.45, 7) is 0. The Morgan fingerprint density at radius 3 is 2.00 bits per heavy atom. The van der Waals surface area contributed by atoms with E-state index in [4.69, 9.17) is 16.9 Å². The second-order valence-corrected chi connectivity index (χ2v) is 5.36. The Kier molecular flexibility index (Phi) is 2.93. The van der Waals surface area contributed by atoms with Gasteiger partial charge in [0.15, 0.2) is 0 Å². The van der Waals surface area contributed by atoms with Crippen LogP contribution in [0.3, 0.4) is 0 Å². The number of hydrogen-bond donors (Lipinski definition) is 3. The summed E-state index contributed by atoms with van der Waals surface area (Å²) in [5.74, 6) is 0.0567.